The average molecular weight is 234 g/mol. The normalized spacial score (nSPS) is 11.7. The van der Waals surface area contributed by atoms with E-state index in [1.807, 2.05) is 25.1 Å². The topological polar surface area (TPSA) is 75.4 Å². The minimum absolute atomic E-state index is 0.455. The zero-order chi connectivity index (χ0) is 12.6. The number of nitrogens with one attached hydrogen (secondary N) is 1. The van der Waals surface area contributed by atoms with Crippen molar-refractivity contribution in [3.63, 3.8) is 0 Å². The molecule has 0 atom stereocenters. The first-order chi connectivity index (χ1) is 7.90. The molecule has 0 aliphatic heterocycles. The SMILES string of the molecule is Cc1ccc2onc(NC(C)(C)C(=O)O)c2c1. The number of fused-ring (bicyclic) bond motifs is 1. The second kappa shape index (κ2) is 3.76. The standard InChI is InChI=1S/C12H14N2O3/c1-7-4-5-9-8(6-7)10(14-17-9)13-12(2,3)11(15)16/h4-6H,1-3H3,(H,13,14)(H,15,16). The lowest BCUT2D eigenvalue weighted by atomic mass is 10.1. The minimum atomic E-state index is -1.09. The maximum Gasteiger partial charge on any atom is 0.328 e. The van der Waals surface area contributed by atoms with Crippen LogP contribution in [0.3, 0.4) is 0 Å². The molecule has 1 aromatic heterocycles. The van der Waals surface area contributed by atoms with E-state index in [2.05, 4.69) is 10.5 Å². The number of carboxylic acids is 1. The second-order valence-corrected chi connectivity index (χ2v) is 4.59. The van der Waals surface area contributed by atoms with Crippen molar-refractivity contribution in [3.8, 4) is 0 Å². The first-order valence-electron chi connectivity index (χ1n) is 5.28. The lowest BCUT2D eigenvalue weighted by Crippen LogP contribution is -2.40. The fourth-order valence-corrected chi connectivity index (χ4v) is 1.49. The third-order valence-corrected chi connectivity index (χ3v) is 2.59. The van der Waals surface area contributed by atoms with Crippen molar-refractivity contribution in [2.45, 2.75) is 26.3 Å². The Balaban J connectivity index is 2.43. The van der Waals surface area contributed by atoms with Crippen LogP contribution < -0.4 is 5.32 Å². The Morgan fingerprint density at radius 3 is 2.82 bits per heavy atom. The fraction of sp³-hybridized carbons (Fsp3) is 0.333. The summed E-state index contributed by atoms with van der Waals surface area (Å²) in [5, 5.41) is 16.6. The Kier molecular flexibility index (Phi) is 2.53. The van der Waals surface area contributed by atoms with Crippen molar-refractivity contribution in [2.75, 3.05) is 5.32 Å². The Bertz CT molecular complexity index is 572. The van der Waals surface area contributed by atoms with Gasteiger partial charge < -0.3 is 14.9 Å². The average Bonchev–Trinajstić information content (AvgIpc) is 2.60. The molecule has 0 bridgehead atoms. The predicted molar refractivity (Wildman–Crippen MR) is 64.1 cm³/mol. The first-order valence-corrected chi connectivity index (χ1v) is 5.28. The monoisotopic (exact) mass is 234 g/mol. The zero-order valence-corrected chi connectivity index (χ0v) is 9.94. The van der Waals surface area contributed by atoms with E-state index in [4.69, 9.17) is 9.63 Å². The molecule has 5 heteroatoms. The molecule has 5 nitrogen and oxygen atoms in total. The van der Waals surface area contributed by atoms with Crippen molar-refractivity contribution < 1.29 is 14.4 Å². The van der Waals surface area contributed by atoms with Gasteiger partial charge in [0.05, 0.1) is 5.39 Å². The number of carboxylic acid groups (broad SMARTS) is 1. The highest BCUT2D eigenvalue weighted by atomic mass is 16.5. The van der Waals surface area contributed by atoms with Gasteiger partial charge in [-0.25, -0.2) is 4.79 Å². The Hall–Kier alpha value is -2.04. The molecular formula is C12H14N2O3. The lowest BCUT2D eigenvalue weighted by molar-refractivity contribution is -0.141. The van der Waals surface area contributed by atoms with Crippen molar-refractivity contribution in [1.29, 1.82) is 0 Å². The third kappa shape index (κ3) is 2.08. The van der Waals surface area contributed by atoms with Crippen LogP contribution in [0.1, 0.15) is 19.4 Å². The molecule has 17 heavy (non-hydrogen) atoms. The largest absolute Gasteiger partial charge is 0.480 e. The molecule has 0 unspecified atom stereocenters. The van der Waals surface area contributed by atoms with Crippen LogP contribution in [0.15, 0.2) is 22.7 Å². The van der Waals surface area contributed by atoms with Crippen LogP contribution in [-0.4, -0.2) is 21.8 Å². The second-order valence-electron chi connectivity index (χ2n) is 4.59. The highest BCUT2D eigenvalue weighted by Gasteiger charge is 2.28. The van der Waals surface area contributed by atoms with Crippen LogP contribution in [0.25, 0.3) is 11.0 Å². The maximum absolute atomic E-state index is 11.0. The lowest BCUT2D eigenvalue weighted by Gasteiger charge is -2.20. The molecule has 2 N–H and O–H groups in total. The summed E-state index contributed by atoms with van der Waals surface area (Å²) in [6.45, 7) is 5.11. The molecule has 0 aliphatic rings. The molecule has 2 rings (SSSR count). The quantitative estimate of drug-likeness (QED) is 0.852. The van der Waals surface area contributed by atoms with Crippen molar-refractivity contribution in [2.24, 2.45) is 0 Å². The van der Waals surface area contributed by atoms with Crippen molar-refractivity contribution in [1.82, 2.24) is 5.16 Å². The van der Waals surface area contributed by atoms with E-state index in [1.54, 1.807) is 13.8 Å². The van der Waals surface area contributed by atoms with Gasteiger partial charge in [-0.1, -0.05) is 16.8 Å². The van der Waals surface area contributed by atoms with Crippen molar-refractivity contribution >= 4 is 22.8 Å². The van der Waals surface area contributed by atoms with Gasteiger partial charge in [-0.05, 0) is 32.9 Å². The number of rotatable bonds is 3. The van der Waals surface area contributed by atoms with Gasteiger partial charge in [-0.2, -0.15) is 0 Å². The number of nitrogens with zero attached hydrogens (tertiary/aromatic N) is 1. The molecule has 0 radical (unpaired) electrons. The van der Waals surface area contributed by atoms with E-state index in [9.17, 15) is 4.79 Å². The van der Waals surface area contributed by atoms with Gasteiger partial charge >= 0.3 is 5.97 Å². The number of hydrogen-bond acceptors (Lipinski definition) is 4. The van der Waals surface area contributed by atoms with Gasteiger partial charge in [0, 0.05) is 0 Å². The number of aryl methyl sites for hydroxylation is 1. The van der Waals surface area contributed by atoms with Gasteiger partial charge in [0.25, 0.3) is 0 Å². The number of hydrogen-bond donors (Lipinski definition) is 2. The third-order valence-electron chi connectivity index (χ3n) is 2.59. The summed E-state index contributed by atoms with van der Waals surface area (Å²) in [5.74, 6) is -0.489. The summed E-state index contributed by atoms with van der Waals surface area (Å²) in [5.41, 5.74) is 0.615. The molecule has 0 amide bonds. The zero-order valence-electron chi connectivity index (χ0n) is 9.94. The van der Waals surface area contributed by atoms with Gasteiger partial charge in [0.2, 0.25) is 0 Å². The smallest absolute Gasteiger partial charge is 0.328 e. The number of aliphatic carboxylic acids is 1. The summed E-state index contributed by atoms with van der Waals surface area (Å²) < 4.78 is 5.12. The Labute approximate surface area is 98.4 Å². The van der Waals surface area contributed by atoms with Gasteiger partial charge in [-0.15, -0.1) is 0 Å². The van der Waals surface area contributed by atoms with Gasteiger partial charge in [-0.3, -0.25) is 0 Å². The molecule has 0 aliphatic carbocycles. The van der Waals surface area contributed by atoms with E-state index in [0.29, 0.717) is 11.4 Å². The molecule has 0 spiro atoms. The first kappa shape index (κ1) is 11.4. The predicted octanol–water partition coefficient (Wildman–Crippen LogP) is 2.41. The van der Waals surface area contributed by atoms with Crippen molar-refractivity contribution in [3.05, 3.63) is 23.8 Å². The number of benzene rings is 1. The number of anilines is 1. The molecule has 0 saturated heterocycles. The molecule has 1 heterocycles. The molecule has 2 aromatic rings. The summed E-state index contributed by atoms with van der Waals surface area (Å²) >= 11 is 0. The number of aromatic nitrogens is 1. The van der Waals surface area contributed by atoms with E-state index in [0.717, 1.165) is 10.9 Å². The molecule has 90 valence electrons. The van der Waals surface area contributed by atoms with E-state index in [1.165, 1.54) is 0 Å². The maximum atomic E-state index is 11.0. The van der Waals surface area contributed by atoms with Crippen LogP contribution >= 0.6 is 0 Å². The highest BCUT2D eigenvalue weighted by molar-refractivity contribution is 5.91. The van der Waals surface area contributed by atoms with Crippen LogP contribution in [0, 0.1) is 6.92 Å². The van der Waals surface area contributed by atoms with Gasteiger partial charge in [0.1, 0.15) is 5.54 Å². The molecule has 0 fully saturated rings. The van der Waals surface area contributed by atoms with Gasteiger partial charge in [0.15, 0.2) is 11.4 Å². The highest BCUT2D eigenvalue weighted by Crippen LogP contribution is 2.26. The summed E-state index contributed by atoms with van der Waals surface area (Å²) in [6, 6.07) is 5.64. The van der Waals surface area contributed by atoms with E-state index in [-0.39, 0.29) is 0 Å². The fourth-order valence-electron chi connectivity index (χ4n) is 1.49. The van der Waals surface area contributed by atoms with E-state index < -0.39 is 11.5 Å². The van der Waals surface area contributed by atoms with Crippen LogP contribution in [-0.2, 0) is 4.79 Å². The number of carbonyl (C=O) groups is 1. The van der Waals surface area contributed by atoms with Crippen LogP contribution in [0.2, 0.25) is 0 Å². The Morgan fingerprint density at radius 1 is 1.47 bits per heavy atom. The summed E-state index contributed by atoms with van der Waals surface area (Å²) in [6.07, 6.45) is 0. The summed E-state index contributed by atoms with van der Waals surface area (Å²) in [4.78, 5) is 11.0. The van der Waals surface area contributed by atoms with E-state index >= 15 is 0 Å². The van der Waals surface area contributed by atoms with Crippen LogP contribution in [0.4, 0.5) is 5.82 Å². The Morgan fingerprint density at radius 2 is 2.18 bits per heavy atom. The molecule has 1 aromatic carbocycles. The molecular weight excluding hydrogens is 220 g/mol. The summed E-state index contributed by atoms with van der Waals surface area (Å²) in [7, 11) is 0. The minimum Gasteiger partial charge on any atom is -0.480 e. The van der Waals surface area contributed by atoms with Crippen LogP contribution in [0.5, 0.6) is 0 Å². The molecule has 0 saturated carbocycles.